The number of hydrogen-bond donors (Lipinski definition) is 2. The lowest BCUT2D eigenvalue weighted by molar-refractivity contribution is -0.162. The quantitative estimate of drug-likeness (QED) is 0.451. The Bertz CT molecular complexity index is 1050. The SMILES string of the molecule is CC[C@H](C)[C@@H]1NC(=O)[C@@H]2[C@@H](C)CCN2C(=O)[C@H](CC(C)C)OC(=O)CCNC(=O)[C@H](C)N(C)C(=O)C(C(C)C)N(C)C1=O. The zero-order chi connectivity index (χ0) is 32.8. The summed E-state index contributed by atoms with van der Waals surface area (Å²) in [6, 6.07) is -3.57. The van der Waals surface area contributed by atoms with E-state index in [2.05, 4.69) is 10.6 Å². The van der Waals surface area contributed by atoms with E-state index in [9.17, 15) is 28.8 Å². The number of nitrogens with zero attached hydrogens (tertiary/aromatic N) is 3. The topological polar surface area (TPSA) is 145 Å². The minimum Gasteiger partial charge on any atom is -0.452 e. The Kier molecular flexibility index (Phi) is 13.0. The summed E-state index contributed by atoms with van der Waals surface area (Å²) in [5.74, 6) is -3.57. The molecule has 0 saturated carbocycles. The number of carbonyl (C=O) groups is 6. The summed E-state index contributed by atoms with van der Waals surface area (Å²) in [4.78, 5) is 85.2. The molecular formula is C31H53N5O7. The average molecular weight is 608 g/mol. The van der Waals surface area contributed by atoms with E-state index in [-0.39, 0.29) is 43.1 Å². The smallest absolute Gasteiger partial charge is 0.308 e. The van der Waals surface area contributed by atoms with Gasteiger partial charge in [0.25, 0.3) is 5.91 Å². The molecule has 244 valence electrons. The van der Waals surface area contributed by atoms with E-state index in [4.69, 9.17) is 4.74 Å². The van der Waals surface area contributed by atoms with Crippen molar-refractivity contribution in [1.82, 2.24) is 25.3 Å². The first-order valence-corrected chi connectivity index (χ1v) is 15.6. The molecule has 0 bridgehead atoms. The Morgan fingerprint density at radius 1 is 0.884 bits per heavy atom. The minimum atomic E-state index is -1.08. The lowest BCUT2D eigenvalue weighted by Gasteiger charge is -2.38. The summed E-state index contributed by atoms with van der Waals surface area (Å²) in [7, 11) is 3.05. The van der Waals surface area contributed by atoms with Gasteiger partial charge in [0.05, 0.1) is 6.42 Å². The number of esters is 1. The van der Waals surface area contributed by atoms with Gasteiger partial charge in [0, 0.05) is 27.2 Å². The number of cyclic esters (lactones) is 1. The van der Waals surface area contributed by atoms with E-state index in [1.54, 1.807) is 14.0 Å². The zero-order valence-electron chi connectivity index (χ0n) is 27.6. The molecule has 2 aliphatic heterocycles. The summed E-state index contributed by atoms with van der Waals surface area (Å²) in [5.41, 5.74) is 0. The van der Waals surface area contributed by atoms with Crippen LogP contribution in [0.2, 0.25) is 0 Å². The maximum Gasteiger partial charge on any atom is 0.308 e. The van der Waals surface area contributed by atoms with E-state index in [0.29, 0.717) is 19.4 Å². The van der Waals surface area contributed by atoms with Gasteiger partial charge in [0.2, 0.25) is 23.6 Å². The largest absolute Gasteiger partial charge is 0.452 e. The predicted octanol–water partition coefficient (Wildman–Crippen LogP) is 1.56. The van der Waals surface area contributed by atoms with Crippen molar-refractivity contribution in [3.63, 3.8) is 0 Å². The summed E-state index contributed by atoms with van der Waals surface area (Å²) < 4.78 is 5.63. The fourth-order valence-corrected chi connectivity index (χ4v) is 5.81. The number of ether oxygens (including phenoxy) is 1. The van der Waals surface area contributed by atoms with Gasteiger partial charge in [-0.15, -0.1) is 0 Å². The molecule has 0 aliphatic carbocycles. The second-order valence-electron chi connectivity index (χ2n) is 13.0. The molecule has 2 rings (SSSR count). The third kappa shape index (κ3) is 8.69. The highest BCUT2D eigenvalue weighted by molar-refractivity contribution is 5.96. The van der Waals surface area contributed by atoms with E-state index in [1.165, 1.54) is 21.7 Å². The normalized spacial score (nSPS) is 30.0. The van der Waals surface area contributed by atoms with Gasteiger partial charge < -0.3 is 30.1 Å². The van der Waals surface area contributed by atoms with Crippen LogP contribution in [0.15, 0.2) is 0 Å². The van der Waals surface area contributed by atoms with Gasteiger partial charge in [-0.3, -0.25) is 28.8 Å². The summed E-state index contributed by atoms with van der Waals surface area (Å²) >= 11 is 0. The molecule has 12 heteroatoms. The van der Waals surface area contributed by atoms with Gasteiger partial charge in [0.1, 0.15) is 24.2 Å². The number of likely N-dealkylation sites (N-methyl/N-ethyl adjacent to an activating group) is 2. The standard InChI is InChI=1S/C31H53N5O7/c1-11-19(6)24-30(41)35(10)25(18(4)5)31(42)34(9)21(8)27(38)32-14-12-23(37)43-22(16-17(2)3)29(40)36-15-13-20(7)26(36)28(39)33-24/h17-22,24-26H,11-16H2,1-10H3,(H,32,38)(H,33,39)/t19-,20-,21-,22-,24-,25?,26-/m0/s1. The van der Waals surface area contributed by atoms with Gasteiger partial charge in [-0.05, 0) is 43.4 Å². The maximum absolute atomic E-state index is 14.0. The molecule has 0 spiro atoms. The molecule has 5 amide bonds. The van der Waals surface area contributed by atoms with Crippen molar-refractivity contribution in [1.29, 1.82) is 0 Å². The lowest BCUT2D eigenvalue weighted by Crippen LogP contribution is -2.61. The van der Waals surface area contributed by atoms with E-state index >= 15 is 0 Å². The van der Waals surface area contributed by atoms with Crippen molar-refractivity contribution < 1.29 is 33.5 Å². The van der Waals surface area contributed by atoms with Gasteiger partial charge in [0.15, 0.2) is 6.10 Å². The maximum atomic E-state index is 14.0. The van der Waals surface area contributed by atoms with Crippen molar-refractivity contribution in [3.05, 3.63) is 0 Å². The summed E-state index contributed by atoms with van der Waals surface area (Å²) in [5, 5.41) is 5.60. The van der Waals surface area contributed by atoms with Crippen LogP contribution in [0.3, 0.4) is 0 Å². The summed E-state index contributed by atoms with van der Waals surface area (Å²) in [6.07, 6.45) is 0.181. The molecule has 12 nitrogen and oxygen atoms in total. The summed E-state index contributed by atoms with van der Waals surface area (Å²) in [6.45, 7) is 15.0. The Morgan fingerprint density at radius 2 is 1.51 bits per heavy atom. The van der Waals surface area contributed by atoms with Crippen LogP contribution >= 0.6 is 0 Å². The highest BCUT2D eigenvalue weighted by Gasteiger charge is 2.45. The van der Waals surface area contributed by atoms with Crippen LogP contribution in [0.25, 0.3) is 0 Å². The van der Waals surface area contributed by atoms with E-state index in [0.717, 1.165) is 0 Å². The van der Waals surface area contributed by atoms with E-state index < -0.39 is 65.8 Å². The van der Waals surface area contributed by atoms with Crippen LogP contribution < -0.4 is 10.6 Å². The number of amides is 5. The first-order chi connectivity index (χ1) is 20.0. The van der Waals surface area contributed by atoms with Gasteiger partial charge >= 0.3 is 5.97 Å². The molecule has 0 aromatic carbocycles. The van der Waals surface area contributed by atoms with Crippen molar-refractivity contribution >= 4 is 35.5 Å². The molecule has 2 heterocycles. The molecule has 43 heavy (non-hydrogen) atoms. The van der Waals surface area contributed by atoms with Crippen LogP contribution in [0.1, 0.15) is 81.1 Å². The third-order valence-electron chi connectivity index (χ3n) is 8.85. The van der Waals surface area contributed by atoms with Crippen LogP contribution in [0.5, 0.6) is 0 Å². The Hall–Kier alpha value is -3.18. The number of carbonyl (C=O) groups excluding carboxylic acids is 6. The van der Waals surface area contributed by atoms with Crippen molar-refractivity contribution in [2.45, 2.75) is 111 Å². The van der Waals surface area contributed by atoms with Gasteiger partial charge in [-0.1, -0.05) is 54.9 Å². The second-order valence-corrected chi connectivity index (χ2v) is 13.0. The molecule has 7 atom stereocenters. The minimum absolute atomic E-state index is 0.0288. The second kappa shape index (κ2) is 15.5. The number of nitrogens with one attached hydrogen (secondary N) is 2. The van der Waals surface area contributed by atoms with Gasteiger partial charge in [-0.2, -0.15) is 0 Å². The van der Waals surface area contributed by atoms with Crippen molar-refractivity contribution in [2.75, 3.05) is 27.2 Å². The Morgan fingerprint density at radius 3 is 2.07 bits per heavy atom. The fraction of sp³-hybridized carbons (Fsp3) is 0.806. The molecule has 0 aromatic rings. The monoisotopic (exact) mass is 607 g/mol. The van der Waals surface area contributed by atoms with E-state index in [1.807, 2.05) is 48.5 Å². The zero-order valence-corrected chi connectivity index (χ0v) is 27.6. The highest BCUT2D eigenvalue weighted by Crippen LogP contribution is 2.28. The van der Waals surface area contributed by atoms with Crippen molar-refractivity contribution in [3.8, 4) is 0 Å². The Labute approximate surface area is 256 Å². The first kappa shape index (κ1) is 36.0. The fourth-order valence-electron chi connectivity index (χ4n) is 5.81. The number of hydrogen-bond acceptors (Lipinski definition) is 7. The molecule has 2 fully saturated rings. The van der Waals surface area contributed by atoms with Crippen LogP contribution in [0, 0.1) is 23.7 Å². The molecular weight excluding hydrogens is 554 g/mol. The molecule has 1 unspecified atom stereocenters. The Balaban J connectivity index is 2.58. The lowest BCUT2D eigenvalue weighted by atomic mass is 9.93. The average Bonchev–Trinajstić information content (AvgIpc) is 3.33. The molecule has 2 aliphatic rings. The highest BCUT2D eigenvalue weighted by atomic mass is 16.5. The number of rotatable bonds is 5. The van der Waals surface area contributed by atoms with Crippen LogP contribution in [0.4, 0.5) is 0 Å². The molecule has 2 N–H and O–H groups in total. The molecule has 2 saturated heterocycles. The van der Waals surface area contributed by atoms with Crippen LogP contribution in [-0.2, 0) is 33.5 Å². The molecule has 0 aromatic heterocycles. The van der Waals surface area contributed by atoms with Crippen molar-refractivity contribution in [2.24, 2.45) is 23.7 Å². The third-order valence-corrected chi connectivity index (χ3v) is 8.85. The van der Waals surface area contributed by atoms with Crippen LogP contribution in [-0.4, -0.2) is 108 Å². The van der Waals surface area contributed by atoms with Gasteiger partial charge in [-0.25, -0.2) is 0 Å². The predicted molar refractivity (Wildman–Crippen MR) is 161 cm³/mol. The first-order valence-electron chi connectivity index (χ1n) is 15.6. The molecule has 0 radical (unpaired) electrons. The number of fused-ring (bicyclic) bond motifs is 1.